The van der Waals surface area contributed by atoms with Gasteiger partial charge in [-0.05, 0) is 31.0 Å². The third-order valence-corrected chi connectivity index (χ3v) is 2.99. The van der Waals surface area contributed by atoms with Gasteiger partial charge in [-0.3, -0.25) is 4.79 Å². The summed E-state index contributed by atoms with van der Waals surface area (Å²) in [6.07, 6.45) is 1.49. The minimum atomic E-state index is -0.888. The molecule has 1 rings (SSSR count). The van der Waals surface area contributed by atoms with E-state index >= 15 is 0 Å². The lowest BCUT2D eigenvalue weighted by molar-refractivity contribution is -0.151. The zero-order chi connectivity index (χ0) is 12.9. The Balaban J connectivity index is 2.54. The summed E-state index contributed by atoms with van der Waals surface area (Å²) in [6, 6.07) is 7.66. The van der Waals surface area contributed by atoms with E-state index in [-0.39, 0.29) is 12.6 Å². The summed E-state index contributed by atoms with van der Waals surface area (Å²) < 4.78 is 6.18. The van der Waals surface area contributed by atoms with Crippen LogP contribution in [0.3, 0.4) is 0 Å². The van der Waals surface area contributed by atoms with Crippen LogP contribution in [0.2, 0.25) is 0 Å². The van der Waals surface area contributed by atoms with Crippen molar-refractivity contribution >= 4 is 21.9 Å². The Bertz CT molecular complexity index is 391. The predicted molar refractivity (Wildman–Crippen MR) is 71.4 cm³/mol. The molecular formula is C13H18BrNO2. The van der Waals surface area contributed by atoms with Gasteiger partial charge in [-0.1, -0.05) is 41.4 Å². The summed E-state index contributed by atoms with van der Waals surface area (Å²) in [4.78, 5) is 11.8. The highest BCUT2D eigenvalue weighted by atomic mass is 79.9. The Morgan fingerprint density at radius 1 is 1.53 bits per heavy atom. The van der Waals surface area contributed by atoms with E-state index in [1.807, 2.05) is 31.2 Å². The Labute approximate surface area is 110 Å². The SMILES string of the molecule is CCCC(C)(N)C(=O)OCc1cccc(Br)c1. The van der Waals surface area contributed by atoms with E-state index < -0.39 is 5.54 Å². The van der Waals surface area contributed by atoms with Gasteiger partial charge < -0.3 is 10.5 Å². The first-order valence-corrected chi connectivity index (χ1v) is 6.45. The van der Waals surface area contributed by atoms with E-state index in [0.717, 1.165) is 16.5 Å². The van der Waals surface area contributed by atoms with Gasteiger partial charge in [0.25, 0.3) is 0 Å². The van der Waals surface area contributed by atoms with E-state index in [4.69, 9.17) is 10.5 Å². The van der Waals surface area contributed by atoms with Crippen molar-refractivity contribution in [2.45, 2.75) is 38.8 Å². The van der Waals surface area contributed by atoms with Gasteiger partial charge in [0.2, 0.25) is 0 Å². The number of esters is 1. The molecule has 0 amide bonds. The van der Waals surface area contributed by atoms with Gasteiger partial charge >= 0.3 is 5.97 Å². The third kappa shape index (κ3) is 4.48. The number of carbonyl (C=O) groups is 1. The molecule has 4 heteroatoms. The van der Waals surface area contributed by atoms with E-state index in [2.05, 4.69) is 15.9 Å². The molecule has 0 aliphatic carbocycles. The van der Waals surface area contributed by atoms with Gasteiger partial charge in [-0.2, -0.15) is 0 Å². The van der Waals surface area contributed by atoms with Crippen LogP contribution in [-0.4, -0.2) is 11.5 Å². The van der Waals surface area contributed by atoms with Crippen molar-refractivity contribution in [2.75, 3.05) is 0 Å². The van der Waals surface area contributed by atoms with Crippen molar-refractivity contribution in [3.63, 3.8) is 0 Å². The number of benzene rings is 1. The minimum Gasteiger partial charge on any atom is -0.459 e. The summed E-state index contributed by atoms with van der Waals surface area (Å²) in [6.45, 7) is 3.96. The summed E-state index contributed by atoms with van der Waals surface area (Å²) in [5.74, 6) is -0.348. The van der Waals surface area contributed by atoms with Crippen molar-refractivity contribution in [1.29, 1.82) is 0 Å². The van der Waals surface area contributed by atoms with Gasteiger partial charge in [0.05, 0.1) is 0 Å². The molecule has 0 heterocycles. The van der Waals surface area contributed by atoms with Crippen LogP contribution in [-0.2, 0) is 16.1 Å². The molecule has 94 valence electrons. The van der Waals surface area contributed by atoms with Gasteiger partial charge in [0.15, 0.2) is 0 Å². The topological polar surface area (TPSA) is 52.3 Å². The molecule has 2 N–H and O–H groups in total. The largest absolute Gasteiger partial charge is 0.459 e. The first-order valence-electron chi connectivity index (χ1n) is 5.66. The fraction of sp³-hybridized carbons (Fsp3) is 0.462. The monoisotopic (exact) mass is 299 g/mol. The Hall–Kier alpha value is -0.870. The molecule has 0 aliphatic heterocycles. The molecule has 3 nitrogen and oxygen atoms in total. The van der Waals surface area contributed by atoms with Crippen molar-refractivity contribution in [1.82, 2.24) is 0 Å². The lowest BCUT2D eigenvalue weighted by Gasteiger charge is -2.21. The van der Waals surface area contributed by atoms with Crippen molar-refractivity contribution < 1.29 is 9.53 Å². The van der Waals surface area contributed by atoms with Crippen LogP contribution in [0.5, 0.6) is 0 Å². The average Bonchev–Trinajstić information content (AvgIpc) is 2.26. The van der Waals surface area contributed by atoms with Crippen molar-refractivity contribution in [3.8, 4) is 0 Å². The molecule has 0 bridgehead atoms. The maximum absolute atomic E-state index is 11.8. The Morgan fingerprint density at radius 3 is 2.82 bits per heavy atom. The molecule has 0 aliphatic rings. The number of halogens is 1. The van der Waals surface area contributed by atoms with E-state index in [0.29, 0.717) is 6.42 Å². The normalized spacial score (nSPS) is 14.1. The average molecular weight is 300 g/mol. The highest BCUT2D eigenvalue weighted by Crippen LogP contribution is 2.15. The molecule has 0 fully saturated rings. The molecule has 17 heavy (non-hydrogen) atoms. The summed E-state index contributed by atoms with van der Waals surface area (Å²) in [5, 5.41) is 0. The van der Waals surface area contributed by atoms with Crippen LogP contribution in [0, 0.1) is 0 Å². The number of rotatable bonds is 5. The minimum absolute atomic E-state index is 0.259. The first kappa shape index (κ1) is 14.2. The van der Waals surface area contributed by atoms with Gasteiger partial charge in [-0.15, -0.1) is 0 Å². The fourth-order valence-corrected chi connectivity index (χ4v) is 2.01. The molecule has 1 unspecified atom stereocenters. The van der Waals surface area contributed by atoms with E-state index in [9.17, 15) is 4.79 Å². The second kappa shape index (κ2) is 6.17. The second-order valence-corrected chi connectivity index (χ2v) is 5.29. The van der Waals surface area contributed by atoms with Crippen LogP contribution >= 0.6 is 15.9 Å². The Kier molecular flexibility index (Phi) is 5.15. The van der Waals surface area contributed by atoms with Gasteiger partial charge in [0, 0.05) is 4.47 Å². The lowest BCUT2D eigenvalue weighted by atomic mass is 9.98. The van der Waals surface area contributed by atoms with Crippen LogP contribution < -0.4 is 5.73 Å². The van der Waals surface area contributed by atoms with Crippen LogP contribution in [0.25, 0.3) is 0 Å². The van der Waals surface area contributed by atoms with Crippen LogP contribution in [0.1, 0.15) is 32.3 Å². The number of carbonyl (C=O) groups excluding carboxylic acids is 1. The molecule has 0 saturated carbocycles. The highest BCUT2D eigenvalue weighted by molar-refractivity contribution is 9.10. The van der Waals surface area contributed by atoms with Crippen molar-refractivity contribution in [3.05, 3.63) is 34.3 Å². The van der Waals surface area contributed by atoms with Crippen LogP contribution in [0.4, 0.5) is 0 Å². The zero-order valence-corrected chi connectivity index (χ0v) is 11.8. The van der Waals surface area contributed by atoms with Crippen LogP contribution in [0.15, 0.2) is 28.7 Å². The van der Waals surface area contributed by atoms with E-state index in [1.54, 1.807) is 6.92 Å². The van der Waals surface area contributed by atoms with E-state index in [1.165, 1.54) is 0 Å². The molecule has 1 aromatic rings. The maximum atomic E-state index is 11.8. The number of hydrogen-bond acceptors (Lipinski definition) is 3. The lowest BCUT2D eigenvalue weighted by Crippen LogP contribution is -2.45. The number of nitrogens with two attached hydrogens (primary N) is 1. The molecule has 0 radical (unpaired) electrons. The first-order chi connectivity index (χ1) is 7.95. The maximum Gasteiger partial charge on any atom is 0.326 e. The quantitative estimate of drug-likeness (QED) is 0.850. The molecule has 0 spiro atoms. The standard InChI is InChI=1S/C13H18BrNO2/c1-3-7-13(2,15)12(16)17-9-10-5-4-6-11(14)8-10/h4-6,8H,3,7,9,15H2,1-2H3. The predicted octanol–water partition coefficient (Wildman–Crippen LogP) is 3.01. The Morgan fingerprint density at radius 2 is 2.24 bits per heavy atom. The molecule has 0 saturated heterocycles. The molecule has 1 atom stereocenters. The summed E-state index contributed by atoms with van der Waals surface area (Å²) in [5.41, 5.74) is 5.94. The zero-order valence-electron chi connectivity index (χ0n) is 10.2. The smallest absolute Gasteiger partial charge is 0.326 e. The summed E-state index contributed by atoms with van der Waals surface area (Å²) in [7, 11) is 0. The van der Waals surface area contributed by atoms with Gasteiger partial charge in [0.1, 0.15) is 12.1 Å². The molecular weight excluding hydrogens is 282 g/mol. The number of hydrogen-bond donors (Lipinski definition) is 1. The van der Waals surface area contributed by atoms with Gasteiger partial charge in [-0.25, -0.2) is 0 Å². The fourth-order valence-electron chi connectivity index (χ4n) is 1.56. The third-order valence-electron chi connectivity index (χ3n) is 2.49. The molecule has 0 aromatic heterocycles. The highest BCUT2D eigenvalue weighted by Gasteiger charge is 2.28. The summed E-state index contributed by atoms with van der Waals surface area (Å²) >= 11 is 3.37. The molecule has 1 aromatic carbocycles. The number of ether oxygens (including phenoxy) is 1. The second-order valence-electron chi connectivity index (χ2n) is 4.37. The van der Waals surface area contributed by atoms with Crippen molar-refractivity contribution in [2.24, 2.45) is 5.73 Å².